The molecular weight excluding hydrogens is 334 g/mol. The zero-order valence-electron chi connectivity index (χ0n) is 14.4. The van der Waals surface area contributed by atoms with E-state index in [9.17, 15) is 5.21 Å². The van der Waals surface area contributed by atoms with Gasteiger partial charge in [0, 0.05) is 22.6 Å². The molecule has 0 fully saturated rings. The van der Waals surface area contributed by atoms with Gasteiger partial charge in [-0.25, -0.2) is 0 Å². The lowest BCUT2D eigenvalue weighted by atomic mass is 10.0. The van der Waals surface area contributed by atoms with Crippen molar-refractivity contribution >= 4 is 28.7 Å². The zero-order valence-corrected chi connectivity index (χ0v) is 15.1. The number of aryl methyl sites for hydroxylation is 3. The van der Waals surface area contributed by atoms with E-state index in [1.54, 1.807) is 0 Å². The molecular formula is C20H20ClN3O. The maximum Gasteiger partial charge on any atom is 0.135 e. The van der Waals surface area contributed by atoms with Gasteiger partial charge in [-0.1, -0.05) is 35.0 Å². The van der Waals surface area contributed by atoms with Crippen LogP contribution in [-0.4, -0.2) is 15.9 Å². The predicted octanol–water partition coefficient (Wildman–Crippen LogP) is 5.56. The molecule has 3 aromatic rings. The van der Waals surface area contributed by atoms with Crippen LogP contribution >= 0.6 is 11.6 Å². The maximum atomic E-state index is 9.53. The van der Waals surface area contributed by atoms with Crippen molar-refractivity contribution in [1.29, 1.82) is 0 Å². The number of oxime groups is 1. The number of rotatable bonds is 4. The van der Waals surface area contributed by atoms with Gasteiger partial charge in [0.15, 0.2) is 0 Å². The molecule has 2 aromatic carbocycles. The van der Waals surface area contributed by atoms with Crippen molar-refractivity contribution in [3.63, 3.8) is 0 Å². The fourth-order valence-corrected chi connectivity index (χ4v) is 3.14. The number of aromatic amines is 1. The third-order valence-electron chi connectivity index (χ3n) is 4.13. The smallest absolute Gasteiger partial charge is 0.135 e. The summed E-state index contributed by atoms with van der Waals surface area (Å²) in [7, 11) is 0. The molecule has 1 heterocycles. The van der Waals surface area contributed by atoms with E-state index in [-0.39, 0.29) is 0 Å². The topological polar surface area (TPSA) is 60.4 Å². The fraction of sp³-hybridized carbons (Fsp3) is 0.150. The normalized spacial score (nSPS) is 11.6. The molecule has 0 spiro atoms. The molecule has 0 aliphatic rings. The lowest BCUT2D eigenvalue weighted by molar-refractivity contribution is 0.319. The first-order chi connectivity index (χ1) is 12.0. The number of anilines is 2. The van der Waals surface area contributed by atoms with E-state index in [0.717, 1.165) is 33.9 Å². The number of hydrogen-bond donors (Lipinski definition) is 3. The zero-order chi connectivity index (χ0) is 18.0. The Morgan fingerprint density at radius 2 is 1.80 bits per heavy atom. The summed E-state index contributed by atoms with van der Waals surface area (Å²) < 4.78 is 0. The molecule has 5 heteroatoms. The van der Waals surface area contributed by atoms with Crippen LogP contribution in [0.5, 0.6) is 0 Å². The Balaban J connectivity index is 1.94. The minimum absolute atomic E-state index is 0.429. The monoisotopic (exact) mass is 353 g/mol. The van der Waals surface area contributed by atoms with Crippen LogP contribution in [-0.2, 0) is 0 Å². The molecule has 25 heavy (non-hydrogen) atoms. The number of aromatic nitrogens is 1. The average molecular weight is 354 g/mol. The number of H-pyrrole nitrogens is 1. The van der Waals surface area contributed by atoms with Crippen LogP contribution in [0.1, 0.15) is 28.1 Å². The highest BCUT2D eigenvalue weighted by Crippen LogP contribution is 2.27. The third-order valence-corrected chi connectivity index (χ3v) is 4.45. The highest BCUT2D eigenvalue weighted by atomic mass is 35.5. The van der Waals surface area contributed by atoms with Gasteiger partial charge in [-0.15, -0.1) is 0 Å². The van der Waals surface area contributed by atoms with Gasteiger partial charge in [0.2, 0.25) is 0 Å². The van der Waals surface area contributed by atoms with Crippen LogP contribution < -0.4 is 5.32 Å². The van der Waals surface area contributed by atoms with E-state index in [2.05, 4.69) is 15.5 Å². The molecule has 0 atom stereocenters. The molecule has 0 radical (unpaired) electrons. The molecule has 0 aliphatic heterocycles. The molecule has 0 aliphatic carbocycles. The highest BCUT2D eigenvalue weighted by molar-refractivity contribution is 6.35. The van der Waals surface area contributed by atoms with E-state index < -0.39 is 0 Å². The van der Waals surface area contributed by atoms with Gasteiger partial charge in [-0.3, -0.25) is 0 Å². The molecule has 3 rings (SSSR count). The summed E-state index contributed by atoms with van der Waals surface area (Å²) in [5.74, 6) is 0. The SMILES string of the molecule is Cc1cc(C)c(C(=NO)c2ccc(Nc3ccccc3C)cc2Cl)[nH]1. The lowest BCUT2D eigenvalue weighted by Gasteiger charge is -2.12. The summed E-state index contributed by atoms with van der Waals surface area (Å²) in [6.45, 7) is 5.97. The van der Waals surface area contributed by atoms with Crippen LogP contribution in [0.2, 0.25) is 5.02 Å². The second kappa shape index (κ2) is 7.03. The maximum absolute atomic E-state index is 9.53. The Kier molecular flexibility index (Phi) is 4.81. The number of benzene rings is 2. The van der Waals surface area contributed by atoms with E-state index in [1.807, 2.05) is 69.3 Å². The first kappa shape index (κ1) is 17.1. The average Bonchev–Trinajstić information content (AvgIpc) is 2.91. The second-order valence-electron chi connectivity index (χ2n) is 6.09. The Hall–Kier alpha value is -2.72. The summed E-state index contributed by atoms with van der Waals surface area (Å²) in [4.78, 5) is 3.22. The van der Waals surface area contributed by atoms with Crippen molar-refractivity contribution in [2.24, 2.45) is 5.16 Å². The van der Waals surface area contributed by atoms with Crippen LogP contribution in [0.4, 0.5) is 11.4 Å². The first-order valence-electron chi connectivity index (χ1n) is 8.01. The van der Waals surface area contributed by atoms with Gasteiger partial charge < -0.3 is 15.5 Å². The van der Waals surface area contributed by atoms with E-state index in [0.29, 0.717) is 16.3 Å². The van der Waals surface area contributed by atoms with E-state index in [1.165, 1.54) is 0 Å². The summed E-state index contributed by atoms with van der Waals surface area (Å²) >= 11 is 6.47. The first-order valence-corrected chi connectivity index (χ1v) is 8.38. The second-order valence-corrected chi connectivity index (χ2v) is 6.50. The molecule has 0 amide bonds. The molecule has 0 saturated carbocycles. The van der Waals surface area contributed by atoms with Crippen molar-refractivity contribution in [1.82, 2.24) is 4.98 Å². The van der Waals surface area contributed by atoms with Crippen LogP contribution in [0, 0.1) is 20.8 Å². The molecule has 1 aromatic heterocycles. The fourth-order valence-electron chi connectivity index (χ4n) is 2.87. The van der Waals surface area contributed by atoms with Gasteiger partial charge in [0.1, 0.15) is 5.71 Å². The number of para-hydroxylation sites is 1. The summed E-state index contributed by atoms with van der Waals surface area (Å²) in [5.41, 5.74) is 6.92. The van der Waals surface area contributed by atoms with E-state index in [4.69, 9.17) is 11.6 Å². The minimum atomic E-state index is 0.429. The van der Waals surface area contributed by atoms with Gasteiger partial charge in [0.05, 0.1) is 10.7 Å². The molecule has 3 N–H and O–H groups in total. The molecule has 0 bridgehead atoms. The van der Waals surface area contributed by atoms with Gasteiger partial charge in [-0.05, 0) is 62.2 Å². The molecule has 0 unspecified atom stereocenters. The highest BCUT2D eigenvalue weighted by Gasteiger charge is 2.16. The number of halogens is 1. The van der Waals surface area contributed by atoms with Crippen LogP contribution in [0.15, 0.2) is 53.7 Å². The molecule has 4 nitrogen and oxygen atoms in total. The van der Waals surface area contributed by atoms with Crippen LogP contribution in [0.25, 0.3) is 0 Å². The molecule has 128 valence electrons. The standard InChI is InChI=1S/C20H20ClN3O/c1-12-6-4-5-7-18(12)23-15-8-9-16(17(21)11-15)20(24-25)19-13(2)10-14(3)22-19/h4-11,22-23,25H,1-3H3. The Labute approximate surface area is 152 Å². The largest absolute Gasteiger partial charge is 0.410 e. The van der Waals surface area contributed by atoms with Crippen molar-refractivity contribution in [2.45, 2.75) is 20.8 Å². The number of nitrogens with zero attached hydrogens (tertiary/aromatic N) is 1. The summed E-state index contributed by atoms with van der Waals surface area (Å²) in [6, 6.07) is 15.7. The van der Waals surface area contributed by atoms with E-state index >= 15 is 0 Å². The van der Waals surface area contributed by atoms with Crippen LogP contribution in [0.3, 0.4) is 0 Å². The Morgan fingerprint density at radius 1 is 1.04 bits per heavy atom. The van der Waals surface area contributed by atoms with Gasteiger partial charge in [-0.2, -0.15) is 0 Å². The minimum Gasteiger partial charge on any atom is -0.410 e. The lowest BCUT2D eigenvalue weighted by Crippen LogP contribution is -2.07. The third kappa shape index (κ3) is 3.54. The Morgan fingerprint density at radius 3 is 2.40 bits per heavy atom. The number of hydrogen-bond acceptors (Lipinski definition) is 3. The summed E-state index contributed by atoms with van der Waals surface area (Å²) in [5, 5.41) is 16.9. The quantitative estimate of drug-likeness (QED) is 0.326. The summed E-state index contributed by atoms with van der Waals surface area (Å²) in [6.07, 6.45) is 0. The van der Waals surface area contributed by atoms with Crippen molar-refractivity contribution in [2.75, 3.05) is 5.32 Å². The molecule has 0 saturated heterocycles. The van der Waals surface area contributed by atoms with Gasteiger partial charge >= 0.3 is 0 Å². The number of nitrogens with one attached hydrogen (secondary N) is 2. The predicted molar refractivity (Wildman–Crippen MR) is 104 cm³/mol. The van der Waals surface area contributed by atoms with Gasteiger partial charge in [0.25, 0.3) is 0 Å². The van der Waals surface area contributed by atoms with Crippen molar-refractivity contribution < 1.29 is 5.21 Å². The Bertz CT molecular complexity index is 944. The van der Waals surface area contributed by atoms with Crippen molar-refractivity contribution in [3.8, 4) is 0 Å². The van der Waals surface area contributed by atoms with Crippen molar-refractivity contribution in [3.05, 3.63) is 81.6 Å².